The Labute approximate surface area is 126 Å². The summed E-state index contributed by atoms with van der Waals surface area (Å²) in [6, 6.07) is 2.78. The molecule has 2 aromatic heterocycles. The standard InChI is InChI=1S/C17H25N3O/c1-4-14-11-17-18-7-10-20(17)12-16(14)21-15-5-8-19(9-6-15)13(2)3/h7,10-13,15H,4-6,8-9H2,1-3H3. The van der Waals surface area contributed by atoms with Gasteiger partial charge in [0.05, 0.1) is 6.20 Å². The molecule has 1 aliphatic rings. The molecular formula is C17H25N3O. The van der Waals surface area contributed by atoms with Crippen molar-refractivity contribution in [1.82, 2.24) is 14.3 Å². The van der Waals surface area contributed by atoms with Crippen molar-refractivity contribution in [3.05, 3.63) is 30.2 Å². The summed E-state index contributed by atoms with van der Waals surface area (Å²) in [6.45, 7) is 8.98. The van der Waals surface area contributed by atoms with Crippen LogP contribution in [0.25, 0.3) is 5.65 Å². The fraction of sp³-hybridized carbons (Fsp3) is 0.588. The molecule has 0 unspecified atom stereocenters. The fourth-order valence-corrected chi connectivity index (χ4v) is 3.05. The zero-order valence-corrected chi connectivity index (χ0v) is 13.2. The number of imidazole rings is 1. The third-order valence-corrected chi connectivity index (χ3v) is 4.46. The number of rotatable bonds is 4. The maximum absolute atomic E-state index is 6.31. The van der Waals surface area contributed by atoms with Crippen LogP contribution in [0, 0.1) is 0 Å². The maximum atomic E-state index is 6.31. The van der Waals surface area contributed by atoms with E-state index in [1.165, 1.54) is 5.56 Å². The van der Waals surface area contributed by atoms with E-state index >= 15 is 0 Å². The zero-order chi connectivity index (χ0) is 14.8. The summed E-state index contributed by atoms with van der Waals surface area (Å²) in [6.07, 6.45) is 9.43. The summed E-state index contributed by atoms with van der Waals surface area (Å²) in [7, 11) is 0. The Morgan fingerprint density at radius 1 is 1.33 bits per heavy atom. The van der Waals surface area contributed by atoms with Crippen LogP contribution >= 0.6 is 0 Å². The number of nitrogens with zero attached hydrogens (tertiary/aromatic N) is 3. The van der Waals surface area contributed by atoms with Gasteiger partial charge in [-0.05, 0) is 44.7 Å². The molecule has 0 spiro atoms. The maximum Gasteiger partial charge on any atom is 0.139 e. The monoisotopic (exact) mass is 287 g/mol. The van der Waals surface area contributed by atoms with Crippen LogP contribution in [0.3, 0.4) is 0 Å². The van der Waals surface area contributed by atoms with Gasteiger partial charge in [-0.1, -0.05) is 6.92 Å². The second-order valence-corrected chi connectivity index (χ2v) is 6.16. The molecule has 0 atom stereocenters. The van der Waals surface area contributed by atoms with Gasteiger partial charge >= 0.3 is 0 Å². The Balaban J connectivity index is 1.72. The first-order valence-electron chi connectivity index (χ1n) is 8.03. The van der Waals surface area contributed by atoms with Gasteiger partial charge in [-0.2, -0.15) is 0 Å². The van der Waals surface area contributed by atoms with Crippen LogP contribution in [0.1, 0.15) is 39.2 Å². The molecule has 0 N–H and O–H groups in total. The molecule has 21 heavy (non-hydrogen) atoms. The lowest BCUT2D eigenvalue weighted by molar-refractivity contribution is 0.0834. The third-order valence-electron chi connectivity index (χ3n) is 4.46. The third kappa shape index (κ3) is 3.05. The lowest BCUT2D eigenvalue weighted by Crippen LogP contribution is -2.41. The number of piperidine rings is 1. The van der Waals surface area contributed by atoms with Crippen LogP contribution in [0.15, 0.2) is 24.7 Å². The summed E-state index contributed by atoms with van der Waals surface area (Å²) in [5.74, 6) is 1.02. The van der Waals surface area contributed by atoms with Crippen LogP contribution < -0.4 is 4.74 Å². The van der Waals surface area contributed by atoms with Gasteiger partial charge in [0.1, 0.15) is 17.5 Å². The lowest BCUT2D eigenvalue weighted by Gasteiger charge is -2.34. The molecule has 1 fully saturated rings. The molecule has 1 aliphatic heterocycles. The highest BCUT2D eigenvalue weighted by Crippen LogP contribution is 2.25. The van der Waals surface area contributed by atoms with Crippen LogP contribution in [0.4, 0.5) is 0 Å². The van der Waals surface area contributed by atoms with Crippen molar-refractivity contribution >= 4 is 5.65 Å². The molecule has 4 heteroatoms. The molecule has 3 rings (SSSR count). The number of aryl methyl sites for hydroxylation is 1. The smallest absolute Gasteiger partial charge is 0.139 e. The van der Waals surface area contributed by atoms with E-state index in [1.807, 2.05) is 16.8 Å². The average Bonchev–Trinajstić information content (AvgIpc) is 2.94. The molecule has 2 aromatic rings. The van der Waals surface area contributed by atoms with E-state index in [0.717, 1.165) is 43.7 Å². The molecule has 0 amide bonds. The lowest BCUT2D eigenvalue weighted by atomic mass is 10.1. The molecule has 0 bridgehead atoms. The molecule has 1 saturated heterocycles. The summed E-state index contributed by atoms with van der Waals surface area (Å²) in [5.41, 5.74) is 2.24. The van der Waals surface area contributed by atoms with E-state index in [4.69, 9.17) is 4.74 Å². The van der Waals surface area contributed by atoms with Gasteiger partial charge in [-0.25, -0.2) is 4.98 Å². The topological polar surface area (TPSA) is 29.8 Å². The predicted molar refractivity (Wildman–Crippen MR) is 84.9 cm³/mol. The van der Waals surface area contributed by atoms with Crippen molar-refractivity contribution in [2.24, 2.45) is 0 Å². The Morgan fingerprint density at radius 2 is 2.10 bits per heavy atom. The van der Waals surface area contributed by atoms with E-state index in [-0.39, 0.29) is 0 Å². The molecule has 0 saturated carbocycles. The number of aromatic nitrogens is 2. The Kier molecular flexibility index (Phi) is 4.15. The number of pyridine rings is 1. The van der Waals surface area contributed by atoms with Crippen LogP contribution in [0.2, 0.25) is 0 Å². The minimum absolute atomic E-state index is 0.339. The van der Waals surface area contributed by atoms with Crippen molar-refractivity contribution in [3.63, 3.8) is 0 Å². The first kappa shape index (κ1) is 14.4. The molecule has 3 heterocycles. The molecule has 114 valence electrons. The average molecular weight is 287 g/mol. The van der Waals surface area contributed by atoms with Gasteiger partial charge in [-0.3, -0.25) is 0 Å². The van der Waals surface area contributed by atoms with Gasteiger partial charge in [-0.15, -0.1) is 0 Å². The number of fused-ring (bicyclic) bond motifs is 1. The second kappa shape index (κ2) is 6.06. The number of hydrogen-bond donors (Lipinski definition) is 0. The van der Waals surface area contributed by atoms with E-state index in [2.05, 4.69) is 42.9 Å². The normalized spacial score (nSPS) is 17.7. The van der Waals surface area contributed by atoms with Crippen molar-refractivity contribution in [2.45, 2.75) is 52.2 Å². The van der Waals surface area contributed by atoms with Gasteiger partial charge in [0.2, 0.25) is 0 Å². The number of likely N-dealkylation sites (tertiary alicyclic amines) is 1. The summed E-state index contributed by atoms with van der Waals surface area (Å²) in [4.78, 5) is 6.87. The van der Waals surface area contributed by atoms with E-state index in [9.17, 15) is 0 Å². The Hall–Kier alpha value is -1.55. The van der Waals surface area contributed by atoms with Gasteiger partial charge in [0, 0.05) is 31.5 Å². The number of hydrogen-bond acceptors (Lipinski definition) is 3. The largest absolute Gasteiger partial charge is 0.488 e. The highest BCUT2D eigenvalue weighted by Gasteiger charge is 2.22. The Bertz CT molecular complexity index is 597. The molecule has 4 nitrogen and oxygen atoms in total. The van der Waals surface area contributed by atoms with Crippen molar-refractivity contribution in [3.8, 4) is 5.75 Å². The van der Waals surface area contributed by atoms with Crippen LogP contribution in [-0.2, 0) is 6.42 Å². The van der Waals surface area contributed by atoms with Crippen molar-refractivity contribution in [1.29, 1.82) is 0 Å². The summed E-state index contributed by atoms with van der Waals surface area (Å²) < 4.78 is 8.35. The first-order valence-corrected chi connectivity index (χ1v) is 8.03. The quantitative estimate of drug-likeness (QED) is 0.865. The predicted octanol–water partition coefficient (Wildman–Crippen LogP) is 3.15. The van der Waals surface area contributed by atoms with Crippen molar-refractivity contribution < 1.29 is 4.74 Å². The highest BCUT2D eigenvalue weighted by molar-refractivity contribution is 5.47. The highest BCUT2D eigenvalue weighted by atomic mass is 16.5. The van der Waals surface area contributed by atoms with E-state index in [1.54, 1.807) is 0 Å². The molecule has 0 radical (unpaired) electrons. The van der Waals surface area contributed by atoms with Crippen molar-refractivity contribution in [2.75, 3.05) is 13.1 Å². The summed E-state index contributed by atoms with van der Waals surface area (Å²) in [5, 5.41) is 0. The van der Waals surface area contributed by atoms with Crippen LogP contribution in [-0.4, -0.2) is 39.5 Å². The van der Waals surface area contributed by atoms with E-state index < -0.39 is 0 Å². The first-order chi connectivity index (χ1) is 10.2. The molecular weight excluding hydrogens is 262 g/mol. The van der Waals surface area contributed by atoms with Crippen LogP contribution in [0.5, 0.6) is 5.75 Å². The SMILES string of the molecule is CCc1cc2nccn2cc1OC1CCN(C(C)C)CC1. The second-order valence-electron chi connectivity index (χ2n) is 6.16. The van der Waals surface area contributed by atoms with Gasteiger partial charge in [0.15, 0.2) is 0 Å². The Morgan fingerprint density at radius 3 is 2.76 bits per heavy atom. The fourth-order valence-electron chi connectivity index (χ4n) is 3.05. The number of ether oxygens (including phenoxy) is 1. The van der Waals surface area contributed by atoms with E-state index in [0.29, 0.717) is 12.1 Å². The minimum atomic E-state index is 0.339. The zero-order valence-electron chi connectivity index (χ0n) is 13.2. The minimum Gasteiger partial charge on any atom is -0.488 e. The molecule has 0 aliphatic carbocycles. The van der Waals surface area contributed by atoms with Gasteiger partial charge < -0.3 is 14.0 Å². The van der Waals surface area contributed by atoms with Gasteiger partial charge in [0.25, 0.3) is 0 Å². The summed E-state index contributed by atoms with van der Waals surface area (Å²) >= 11 is 0. The molecule has 0 aromatic carbocycles.